The van der Waals surface area contributed by atoms with Crippen molar-refractivity contribution in [3.05, 3.63) is 0 Å². The minimum Gasteiger partial charge on any atom is -0.469 e. The van der Waals surface area contributed by atoms with Gasteiger partial charge in [0, 0.05) is 6.54 Å². The lowest BCUT2D eigenvalue weighted by Crippen LogP contribution is -2.50. The minimum atomic E-state index is -3.04. The summed E-state index contributed by atoms with van der Waals surface area (Å²) in [7, 11) is -1.68. The molecular formula is C13H22N2O5S. The van der Waals surface area contributed by atoms with E-state index in [-0.39, 0.29) is 35.8 Å². The van der Waals surface area contributed by atoms with E-state index in [4.69, 9.17) is 4.74 Å². The number of sulfone groups is 1. The summed E-state index contributed by atoms with van der Waals surface area (Å²) in [5, 5.41) is 2.82. The highest BCUT2D eigenvalue weighted by Crippen LogP contribution is 2.23. The van der Waals surface area contributed by atoms with E-state index in [9.17, 15) is 18.0 Å². The van der Waals surface area contributed by atoms with Gasteiger partial charge in [-0.2, -0.15) is 0 Å². The SMILES string of the molecule is COC(=O)C1CCN(CC(=O)NC2(C)CCS(=O)(=O)C2)C1. The molecule has 2 unspecified atom stereocenters. The number of carbonyl (C=O) groups is 2. The number of methoxy groups -OCH3 is 1. The molecule has 0 aromatic heterocycles. The van der Waals surface area contributed by atoms with Crippen LogP contribution in [0.15, 0.2) is 0 Å². The first-order valence-corrected chi connectivity index (χ1v) is 8.87. The molecule has 2 rings (SSSR count). The van der Waals surface area contributed by atoms with Gasteiger partial charge in [0.2, 0.25) is 5.91 Å². The molecule has 21 heavy (non-hydrogen) atoms. The molecule has 0 saturated carbocycles. The predicted molar refractivity (Wildman–Crippen MR) is 76.4 cm³/mol. The Morgan fingerprint density at radius 1 is 1.43 bits per heavy atom. The second-order valence-corrected chi connectivity index (χ2v) is 8.38. The first-order valence-electron chi connectivity index (χ1n) is 7.05. The summed E-state index contributed by atoms with van der Waals surface area (Å²) in [6.45, 7) is 3.12. The summed E-state index contributed by atoms with van der Waals surface area (Å²) in [4.78, 5) is 25.4. The molecule has 8 heteroatoms. The normalized spacial score (nSPS) is 32.0. The molecule has 2 saturated heterocycles. The molecule has 120 valence electrons. The molecule has 0 spiro atoms. The Labute approximate surface area is 124 Å². The van der Waals surface area contributed by atoms with Gasteiger partial charge in [0.15, 0.2) is 9.84 Å². The van der Waals surface area contributed by atoms with Gasteiger partial charge >= 0.3 is 5.97 Å². The molecule has 0 bridgehead atoms. The number of carbonyl (C=O) groups excluding carboxylic acids is 2. The molecule has 0 radical (unpaired) electrons. The first kappa shape index (κ1) is 16.2. The van der Waals surface area contributed by atoms with Crippen LogP contribution in [0.1, 0.15) is 19.8 Å². The number of rotatable bonds is 4. The van der Waals surface area contributed by atoms with Crippen molar-refractivity contribution in [1.29, 1.82) is 0 Å². The van der Waals surface area contributed by atoms with Gasteiger partial charge < -0.3 is 10.1 Å². The van der Waals surface area contributed by atoms with Gasteiger partial charge in [0.05, 0.1) is 36.6 Å². The second-order valence-electron chi connectivity index (χ2n) is 6.19. The van der Waals surface area contributed by atoms with Crippen LogP contribution in [0, 0.1) is 5.92 Å². The van der Waals surface area contributed by atoms with Crippen LogP contribution in [0.4, 0.5) is 0 Å². The average molecular weight is 318 g/mol. The Bertz CT molecular complexity index is 533. The Hall–Kier alpha value is -1.15. The largest absolute Gasteiger partial charge is 0.469 e. The molecule has 0 aromatic carbocycles. The molecule has 2 heterocycles. The van der Waals surface area contributed by atoms with Crippen molar-refractivity contribution in [3.8, 4) is 0 Å². The third-order valence-corrected chi connectivity index (χ3v) is 6.02. The molecule has 0 aromatic rings. The number of nitrogens with one attached hydrogen (secondary N) is 1. The maximum atomic E-state index is 12.1. The van der Waals surface area contributed by atoms with Gasteiger partial charge in [-0.1, -0.05) is 0 Å². The van der Waals surface area contributed by atoms with Gasteiger partial charge in [-0.15, -0.1) is 0 Å². The predicted octanol–water partition coefficient (Wildman–Crippen LogP) is -0.825. The molecule has 0 aliphatic carbocycles. The fourth-order valence-corrected chi connectivity index (χ4v) is 5.12. The number of esters is 1. The van der Waals surface area contributed by atoms with E-state index in [1.165, 1.54) is 7.11 Å². The Morgan fingerprint density at radius 3 is 2.71 bits per heavy atom. The third kappa shape index (κ3) is 4.16. The van der Waals surface area contributed by atoms with Crippen LogP contribution in [-0.2, 0) is 24.2 Å². The van der Waals surface area contributed by atoms with Crippen molar-refractivity contribution >= 4 is 21.7 Å². The summed E-state index contributed by atoms with van der Waals surface area (Å²) in [6.07, 6.45) is 1.14. The van der Waals surface area contributed by atoms with Crippen molar-refractivity contribution in [2.75, 3.05) is 38.2 Å². The maximum absolute atomic E-state index is 12.1. The number of likely N-dealkylation sites (tertiary alicyclic amines) is 1. The van der Waals surface area contributed by atoms with E-state index in [0.717, 1.165) is 0 Å². The highest BCUT2D eigenvalue weighted by molar-refractivity contribution is 7.91. The Balaban J connectivity index is 1.82. The molecule has 7 nitrogen and oxygen atoms in total. The maximum Gasteiger partial charge on any atom is 0.310 e. The molecule has 2 aliphatic rings. The molecule has 1 N–H and O–H groups in total. The van der Waals surface area contributed by atoms with Crippen LogP contribution in [0.2, 0.25) is 0 Å². The first-order chi connectivity index (χ1) is 9.73. The lowest BCUT2D eigenvalue weighted by molar-refractivity contribution is -0.145. The van der Waals surface area contributed by atoms with Crippen molar-refractivity contribution in [2.45, 2.75) is 25.3 Å². The summed E-state index contributed by atoms with van der Waals surface area (Å²) < 4.78 is 27.7. The number of ether oxygens (including phenoxy) is 1. The number of hydrogen-bond donors (Lipinski definition) is 1. The van der Waals surface area contributed by atoms with Gasteiger partial charge in [-0.3, -0.25) is 14.5 Å². The van der Waals surface area contributed by atoms with Gasteiger partial charge in [0.25, 0.3) is 0 Å². The smallest absolute Gasteiger partial charge is 0.310 e. The minimum absolute atomic E-state index is 0.00345. The second kappa shape index (κ2) is 5.92. The average Bonchev–Trinajstić information content (AvgIpc) is 2.93. The standard InChI is InChI=1S/C13H22N2O5S/c1-13(4-6-21(18,19)9-13)14-11(16)8-15-5-3-10(7-15)12(17)20-2/h10H,3-9H2,1-2H3,(H,14,16). The van der Waals surface area contributed by atoms with E-state index < -0.39 is 15.4 Å². The molecular weight excluding hydrogens is 296 g/mol. The van der Waals surface area contributed by atoms with E-state index in [0.29, 0.717) is 25.9 Å². The van der Waals surface area contributed by atoms with Crippen molar-refractivity contribution < 1.29 is 22.7 Å². The van der Waals surface area contributed by atoms with Crippen LogP contribution in [0.5, 0.6) is 0 Å². The lowest BCUT2D eigenvalue weighted by Gasteiger charge is -2.25. The van der Waals surface area contributed by atoms with E-state index in [1.54, 1.807) is 6.92 Å². The molecule has 2 fully saturated rings. The monoisotopic (exact) mass is 318 g/mol. The van der Waals surface area contributed by atoms with E-state index >= 15 is 0 Å². The summed E-state index contributed by atoms with van der Waals surface area (Å²) in [5.41, 5.74) is -0.669. The van der Waals surface area contributed by atoms with Crippen LogP contribution in [0.3, 0.4) is 0 Å². The zero-order chi connectivity index (χ0) is 15.7. The summed E-state index contributed by atoms with van der Waals surface area (Å²) in [5.74, 6) is -0.494. The topological polar surface area (TPSA) is 92.8 Å². The fraction of sp³-hybridized carbons (Fsp3) is 0.846. The zero-order valence-corrected chi connectivity index (χ0v) is 13.2. The van der Waals surface area contributed by atoms with Gasteiger partial charge in [-0.05, 0) is 26.3 Å². The van der Waals surface area contributed by atoms with E-state index in [1.807, 2.05) is 4.90 Å². The van der Waals surface area contributed by atoms with Crippen molar-refractivity contribution in [3.63, 3.8) is 0 Å². The highest BCUT2D eigenvalue weighted by atomic mass is 32.2. The number of amides is 1. The highest BCUT2D eigenvalue weighted by Gasteiger charge is 2.40. The number of hydrogen-bond acceptors (Lipinski definition) is 6. The van der Waals surface area contributed by atoms with Crippen LogP contribution in [0.25, 0.3) is 0 Å². The molecule has 2 aliphatic heterocycles. The molecule has 1 amide bonds. The summed E-state index contributed by atoms with van der Waals surface area (Å²) >= 11 is 0. The van der Waals surface area contributed by atoms with Crippen LogP contribution >= 0.6 is 0 Å². The number of nitrogens with zero attached hydrogens (tertiary/aromatic N) is 1. The van der Waals surface area contributed by atoms with Crippen molar-refractivity contribution in [1.82, 2.24) is 10.2 Å². The van der Waals surface area contributed by atoms with Crippen LogP contribution in [-0.4, -0.2) is 69.0 Å². The zero-order valence-electron chi connectivity index (χ0n) is 12.4. The quantitative estimate of drug-likeness (QED) is 0.681. The molecule has 2 atom stereocenters. The fourth-order valence-electron chi connectivity index (χ4n) is 3.02. The van der Waals surface area contributed by atoms with E-state index in [2.05, 4.69) is 5.32 Å². The third-order valence-electron chi connectivity index (χ3n) is 4.12. The van der Waals surface area contributed by atoms with Crippen LogP contribution < -0.4 is 5.32 Å². The Kier molecular flexibility index (Phi) is 4.57. The van der Waals surface area contributed by atoms with Gasteiger partial charge in [-0.25, -0.2) is 8.42 Å². The Morgan fingerprint density at radius 2 is 2.14 bits per heavy atom. The van der Waals surface area contributed by atoms with Gasteiger partial charge in [0.1, 0.15) is 0 Å². The lowest BCUT2D eigenvalue weighted by atomic mass is 10.0. The summed E-state index contributed by atoms with van der Waals surface area (Å²) in [6, 6.07) is 0. The van der Waals surface area contributed by atoms with Crippen molar-refractivity contribution in [2.24, 2.45) is 5.92 Å².